The van der Waals surface area contributed by atoms with Gasteiger partial charge < -0.3 is 4.90 Å². The molecule has 0 bridgehead atoms. The summed E-state index contributed by atoms with van der Waals surface area (Å²) in [6.07, 6.45) is 3.42. The Morgan fingerprint density at radius 1 is 1.50 bits per heavy atom. The molecule has 0 radical (unpaired) electrons. The zero-order valence-electron chi connectivity index (χ0n) is 9.86. The van der Waals surface area contributed by atoms with Crippen molar-refractivity contribution >= 4 is 5.91 Å². The topological polar surface area (TPSA) is 61.9 Å². The van der Waals surface area contributed by atoms with Gasteiger partial charge in [-0.05, 0) is 25.7 Å². The summed E-state index contributed by atoms with van der Waals surface area (Å²) in [5, 5.41) is 6.60. The average Bonchev–Trinajstić information content (AvgIpc) is 2.75. The van der Waals surface area contributed by atoms with Crippen LogP contribution in [0.25, 0.3) is 0 Å². The summed E-state index contributed by atoms with van der Waals surface area (Å²) in [6.45, 7) is 5.68. The second-order valence-electron chi connectivity index (χ2n) is 4.39. The molecule has 1 saturated heterocycles. The Hall–Kier alpha value is -1.39. The first kappa shape index (κ1) is 11.1. The normalized spacial score (nSPS) is 17.8. The number of carbonyl (C=O) groups is 1. The Labute approximate surface area is 95.2 Å². The monoisotopic (exact) mass is 222 g/mol. The number of nitrogens with one attached hydrogen (secondary N) is 1. The molecular weight excluding hydrogens is 204 g/mol. The van der Waals surface area contributed by atoms with Crippen LogP contribution in [0.15, 0.2) is 0 Å². The van der Waals surface area contributed by atoms with E-state index in [9.17, 15) is 4.79 Å². The summed E-state index contributed by atoms with van der Waals surface area (Å²) in [6, 6.07) is 0. The Bertz CT molecular complexity index is 366. The van der Waals surface area contributed by atoms with Gasteiger partial charge in [-0.15, -0.1) is 5.10 Å². The van der Waals surface area contributed by atoms with E-state index < -0.39 is 0 Å². The molecule has 1 fully saturated rings. The summed E-state index contributed by atoms with van der Waals surface area (Å²) in [4.78, 5) is 17.9. The number of hydrogen-bond donors (Lipinski definition) is 1. The molecule has 0 atom stereocenters. The van der Waals surface area contributed by atoms with E-state index in [0.29, 0.717) is 11.6 Å². The van der Waals surface area contributed by atoms with E-state index in [0.717, 1.165) is 31.8 Å². The Balaban J connectivity index is 1.96. The molecule has 0 aliphatic carbocycles. The van der Waals surface area contributed by atoms with Crippen molar-refractivity contribution in [1.82, 2.24) is 20.1 Å². The molecule has 2 rings (SSSR count). The van der Waals surface area contributed by atoms with E-state index in [4.69, 9.17) is 0 Å². The highest BCUT2D eigenvalue weighted by molar-refractivity contribution is 5.90. The number of aryl methyl sites for hydroxylation is 1. The predicted octanol–water partition coefficient (Wildman–Crippen LogP) is 1.38. The molecule has 1 amide bonds. The van der Waals surface area contributed by atoms with Gasteiger partial charge in [-0.3, -0.25) is 9.89 Å². The zero-order valence-corrected chi connectivity index (χ0v) is 9.86. The van der Waals surface area contributed by atoms with Crippen LogP contribution in [-0.2, 0) is 0 Å². The molecule has 0 saturated carbocycles. The SMILES string of the molecule is CCC1CCN(C(=O)c2n[nH]c(C)n2)CC1. The quantitative estimate of drug-likeness (QED) is 0.822. The predicted molar refractivity (Wildman–Crippen MR) is 60.0 cm³/mol. The minimum Gasteiger partial charge on any atom is -0.336 e. The van der Waals surface area contributed by atoms with Crippen LogP contribution in [0.3, 0.4) is 0 Å². The third-order valence-electron chi connectivity index (χ3n) is 3.27. The number of piperidine rings is 1. The van der Waals surface area contributed by atoms with Crippen LogP contribution in [0, 0.1) is 12.8 Å². The van der Waals surface area contributed by atoms with Gasteiger partial charge in [0, 0.05) is 13.1 Å². The molecular formula is C11H18N4O. The number of amides is 1. The summed E-state index contributed by atoms with van der Waals surface area (Å²) in [5.74, 6) is 1.72. The molecule has 88 valence electrons. The summed E-state index contributed by atoms with van der Waals surface area (Å²) >= 11 is 0. The van der Waals surface area contributed by atoms with Crippen LogP contribution < -0.4 is 0 Å². The van der Waals surface area contributed by atoms with Crippen molar-refractivity contribution in [2.24, 2.45) is 5.92 Å². The molecule has 1 aromatic heterocycles. The van der Waals surface area contributed by atoms with Gasteiger partial charge in [0.15, 0.2) is 0 Å². The molecule has 1 aliphatic rings. The number of hydrogen-bond acceptors (Lipinski definition) is 3. The van der Waals surface area contributed by atoms with Gasteiger partial charge in [0.2, 0.25) is 5.82 Å². The summed E-state index contributed by atoms with van der Waals surface area (Å²) in [7, 11) is 0. The molecule has 1 aromatic rings. The molecule has 1 aliphatic heterocycles. The minimum atomic E-state index is -0.0427. The third-order valence-corrected chi connectivity index (χ3v) is 3.27. The fourth-order valence-electron chi connectivity index (χ4n) is 2.12. The number of likely N-dealkylation sites (tertiary alicyclic amines) is 1. The van der Waals surface area contributed by atoms with Crippen molar-refractivity contribution in [1.29, 1.82) is 0 Å². The molecule has 0 unspecified atom stereocenters. The van der Waals surface area contributed by atoms with E-state index in [1.165, 1.54) is 6.42 Å². The van der Waals surface area contributed by atoms with Crippen molar-refractivity contribution in [3.05, 3.63) is 11.6 Å². The largest absolute Gasteiger partial charge is 0.336 e. The van der Waals surface area contributed by atoms with Crippen molar-refractivity contribution in [3.63, 3.8) is 0 Å². The maximum absolute atomic E-state index is 12.0. The molecule has 5 nitrogen and oxygen atoms in total. The van der Waals surface area contributed by atoms with E-state index in [1.54, 1.807) is 6.92 Å². The van der Waals surface area contributed by atoms with Gasteiger partial charge >= 0.3 is 0 Å². The standard InChI is InChI=1S/C11H18N4O/c1-3-9-4-6-15(7-5-9)11(16)10-12-8(2)13-14-10/h9H,3-7H2,1-2H3,(H,12,13,14). The average molecular weight is 222 g/mol. The molecule has 2 heterocycles. The number of aromatic amines is 1. The lowest BCUT2D eigenvalue weighted by Gasteiger charge is -2.30. The number of nitrogens with zero attached hydrogens (tertiary/aromatic N) is 3. The zero-order chi connectivity index (χ0) is 11.5. The van der Waals surface area contributed by atoms with E-state index in [1.807, 2.05) is 4.90 Å². The van der Waals surface area contributed by atoms with Crippen molar-refractivity contribution in [2.45, 2.75) is 33.1 Å². The summed E-state index contributed by atoms with van der Waals surface area (Å²) in [5.41, 5.74) is 0. The number of H-pyrrole nitrogens is 1. The maximum Gasteiger partial charge on any atom is 0.293 e. The highest BCUT2D eigenvalue weighted by Crippen LogP contribution is 2.20. The third kappa shape index (κ3) is 2.23. The van der Waals surface area contributed by atoms with Crippen molar-refractivity contribution in [3.8, 4) is 0 Å². The second-order valence-corrected chi connectivity index (χ2v) is 4.39. The van der Waals surface area contributed by atoms with Crippen LogP contribution in [0.5, 0.6) is 0 Å². The first-order valence-electron chi connectivity index (χ1n) is 5.89. The van der Waals surface area contributed by atoms with Crippen LogP contribution in [0.4, 0.5) is 0 Å². The van der Waals surface area contributed by atoms with Crippen LogP contribution in [0.1, 0.15) is 42.6 Å². The molecule has 16 heavy (non-hydrogen) atoms. The van der Waals surface area contributed by atoms with Crippen LogP contribution in [0.2, 0.25) is 0 Å². The van der Waals surface area contributed by atoms with Gasteiger partial charge in [0.1, 0.15) is 5.82 Å². The van der Waals surface area contributed by atoms with Gasteiger partial charge in [-0.1, -0.05) is 13.3 Å². The van der Waals surface area contributed by atoms with Crippen molar-refractivity contribution < 1.29 is 4.79 Å². The number of aromatic nitrogens is 3. The number of rotatable bonds is 2. The fourth-order valence-corrected chi connectivity index (χ4v) is 2.12. The lowest BCUT2D eigenvalue weighted by molar-refractivity contribution is 0.0677. The highest BCUT2D eigenvalue weighted by atomic mass is 16.2. The van der Waals surface area contributed by atoms with Gasteiger partial charge in [-0.25, -0.2) is 4.98 Å². The van der Waals surface area contributed by atoms with E-state index in [2.05, 4.69) is 22.1 Å². The van der Waals surface area contributed by atoms with Crippen LogP contribution in [-0.4, -0.2) is 39.1 Å². The molecule has 5 heteroatoms. The van der Waals surface area contributed by atoms with Crippen molar-refractivity contribution in [2.75, 3.05) is 13.1 Å². The molecule has 1 N–H and O–H groups in total. The van der Waals surface area contributed by atoms with Crippen LogP contribution >= 0.6 is 0 Å². The molecule has 0 spiro atoms. The first-order chi connectivity index (χ1) is 7.70. The lowest BCUT2D eigenvalue weighted by atomic mass is 9.94. The Kier molecular flexibility index (Phi) is 3.22. The smallest absolute Gasteiger partial charge is 0.293 e. The Morgan fingerprint density at radius 3 is 2.69 bits per heavy atom. The Morgan fingerprint density at radius 2 is 2.19 bits per heavy atom. The van der Waals surface area contributed by atoms with Gasteiger partial charge in [-0.2, -0.15) is 0 Å². The fraction of sp³-hybridized carbons (Fsp3) is 0.727. The van der Waals surface area contributed by atoms with Gasteiger partial charge in [0.05, 0.1) is 0 Å². The van der Waals surface area contributed by atoms with E-state index >= 15 is 0 Å². The highest BCUT2D eigenvalue weighted by Gasteiger charge is 2.24. The molecule has 0 aromatic carbocycles. The number of carbonyl (C=O) groups excluding carboxylic acids is 1. The van der Waals surface area contributed by atoms with E-state index in [-0.39, 0.29) is 5.91 Å². The minimum absolute atomic E-state index is 0.0427. The first-order valence-corrected chi connectivity index (χ1v) is 5.89. The summed E-state index contributed by atoms with van der Waals surface area (Å²) < 4.78 is 0. The second kappa shape index (κ2) is 4.63. The van der Waals surface area contributed by atoms with Gasteiger partial charge in [0.25, 0.3) is 5.91 Å². The lowest BCUT2D eigenvalue weighted by Crippen LogP contribution is -2.38. The maximum atomic E-state index is 12.0.